The lowest BCUT2D eigenvalue weighted by Gasteiger charge is -2.28. The number of nitrogens with zero attached hydrogens (tertiary/aromatic N) is 2. The van der Waals surface area contributed by atoms with Crippen molar-refractivity contribution in [3.05, 3.63) is 60.2 Å². The van der Waals surface area contributed by atoms with Gasteiger partial charge in [0.2, 0.25) is 0 Å². The summed E-state index contributed by atoms with van der Waals surface area (Å²) in [4.78, 5) is 12.6. The number of hydrogen-bond donors (Lipinski definition) is 1. The van der Waals surface area contributed by atoms with E-state index in [2.05, 4.69) is 0 Å². The summed E-state index contributed by atoms with van der Waals surface area (Å²) in [6, 6.07) is 8.55. The Bertz CT molecular complexity index is 934. The third-order valence-electron chi connectivity index (χ3n) is 4.42. The lowest BCUT2D eigenvalue weighted by molar-refractivity contribution is 0.144. The molecular weight excluding hydrogens is 314 g/mol. The first-order valence-corrected chi connectivity index (χ1v) is 7.58. The van der Waals surface area contributed by atoms with E-state index >= 15 is 0 Å². The summed E-state index contributed by atoms with van der Waals surface area (Å²) in [5.41, 5.74) is 1.50. The van der Waals surface area contributed by atoms with Crippen molar-refractivity contribution in [1.82, 2.24) is 9.47 Å². The van der Waals surface area contributed by atoms with Gasteiger partial charge in [0, 0.05) is 34.9 Å². The zero-order valence-electron chi connectivity index (χ0n) is 12.6. The van der Waals surface area contributed by atoms with Gasteiger partial charge >= 0.3 is 6.09 Å². The first-order chi connectivity index (χ1) is 11.5. The number of carbonyl (C=O) groups is 1. The van der Waals surface area contributed by atoms with E-state index in [-0.39, 0.29) is 6.04 Å². The van der Waals surface area contributed by atoms with Crippen molar-refractivity contribution in [3.8, 4) is 0 Å². The highest BCUT2D eigenvalue weighted by molar-refractivity contribution is 6.08. The predicted octanol–water partition coefficient (Wildman–Crippen LogP) is 4.16. The Morgan fingerprint density at radius 1 is 1.04 bits per heavy atom. The number of amides is 1. The average molecular weight is 328 g/mol. The predicted molar refractivity (Wildman–Crippen MR) is 87.1 cm³/mol. The van der Waals surface area contributed by atoms with Crippen molar-refractivity contribution in [2.45, 2.75) is 6.04 Å². The molecule has 1 amide bonds. The second-order valence-electron chi connectivity index (χ2n) is 5.88. The van der Waals surface area contributed by atoms with Gasteiger partial charge in [-0.25, -0.2) is 13.6 Å². The smallest absolute Gasteiger partial charge is 0.407 e. The molecule has 2 aromatic carbocycles. The fourth-order valence-electron chi connectivity index (χ4n) is 3.39. The first kappa shape index (κ1) is 14.7. The molecule has 0 saturated carbocycles. The third-order valence-corrected chi connectivity index (χ3v) is 4.42. The van der Waals surface area contributed by atoms with E-state index in [0.29, 0.717) is 23.9 Å². The van der Waals surface area contributed by atoms with Gasteiger partial charge in [-0.05, 0) is 36.4 Å². The number of rotatable bonds is 1. The fourth-order valence-corrected chi connectivity index (χ4v) is 3.39. The second kappa shape index (κ2) is 5.33. The van der Waals surface area contributed by atoms with E-state index in [0.717, 1.165) is 11.0 Å². The van der Waals surface area contributed by atoms with Gasteiger partial charge in [-0.1, -0.05) is 12.2 Å². The number of benzene rings is 2. The molecule has 0 radical (unpaired) electrons. The van der Waals surface area contributed by atoms with Crippen LogP contribution in [0.4, 0.5) is 13.6 Å². The maximum atomic E-state index is 13.7. The Labute approximate surface area is 136 Å². The van der Waals surface area contributed by atoms with Crippen LogP contribution in [0.3, 0.4) is 0 Å². The summed E-state index contributed by atoms with van der Waals surface area (Å²) in [5.74, 6) is -0.783. The highest BCUT2D eigenvalue weighted by Gasteiger charge is 2.24. The van der Waals surface area contributed by atoms with Crippen molar-refractivity contribution in [2.24, 2.45) is 0 Å². The Balaban J connectivity index is 1.98. The van der Waals surface area contributed by atoms with E-state index in [1.165, 1.54) is 29.2 Å². The fraction of sp³-hybridized carbons (Fsp3) is 0.167. The molecule has 3 aromatic rings. The molecular formula is C18H14F2N2O2. The Morgan fingerprint density at radius 3 is 2.17 bits per heavy atom. The molecule has 0 aliphatic carbocycles. The van der Waals surface area contributed by atoms with E-state index in [1.54, 1.807) is 18.2 Å². The van der Waals surface area contributed by atoms with E-state index in [9.17, 15) is 18.7 Å². The average Bonchev–Trinajstić information content (AvgIpc) is 2.88. The normalized spacial score (nSPS) is 17.8. The molecule has 1 aromatic heterocycles. The highest BCUT2D eigenvalue weighted by Crippen LogP contribution is 2.34. The Kier molecular flexibility index (Phi) is 3.26. The van der Waals surface area contributed by atoms with Gasteiger partial charge in [-0.3, -0.25) is 0 Å². The second-order valence-corrected chi connectivity index (χ2v) is 5.88. The van der Waals surface area contributed by atoms with Crippen LogP contribution in [0.25, 0.3) is 21.8 Å². The van der Waals surface area contributed by atoms with E-state index < -0.39 is 17.7 Å². The highest BCUT2D eigenvalue weighted by atomic mass is 19.1. The first-order valence-electron chi connectivity index (χ1n) is 7.58. The summed E-state index contributed by atoms with van der Waals surface area (Å²) >= 11 is 0. The summed E-state index contributed by atoms with van der Waals surface area (Å²) in [6.07, 6.45) is 2.75. The summed E-state index contributed by atoms with van der Waals surface area (Å²) in [7, 11) is 0. The molecule has 0 fully saturated rings. The van der Waals surface area contributed by atoms with Crippen molar-refractivity contribution >= 4 is 27.9 Å². The zero-order valence-corrected chi connectivity index (χ0v) is 12.6. The SMILES string of the molecule is O=C(O)N1CC=CC(n2c3ccc(F)cc3c3cc(F)ccc32)C1. The van der Waals surface area contributed by atoms with E-state index in [4.69, 9.17) is 0 Å². The number of aromatic nitrogens is 1. The lowest BCUT2D eigenvalue weighted by atomic mass is 10.1. The Morgan fingerprint density at radius 2 is 1.62 bits per heavy atom. The van der Waals surface area contributed by atoms with Crippen LogP contribution in [0.2, 0.25) is 0 Å². The lowest BCUT2D eigenvalue weighted by Crippen LogP contribution is -2.37. The molecule has 1 N–H and O–H groups in total. The van der Waals surface area contributed by atoms with E-state index in [1.807, 2.05) is 10.6 Å². The summed E-state index contributed by atoms with van der Waals surface area (Å²) in [6.45, 7) is 0.631. The van der Waals surface area contributed by atoms with Crippen LogP contribution in [-0.4, -0.2) is 33.8 Å². The van der Waals surface area contributed by atoms with Crippen molar-refractivity contribution in [3.63, 3.8) is 0 Å². The number of fused-ring (bicyclic) bond motifs is 3. The van der Waals surface area contributed by atoms with Gasteiger partial charge < -0.3 is 14.6 Å². The number of halogens is 2. The molecule has 4 nitrogen and oxygen atoms in total. The minimum Gasteiger partial charge on any atom is -0.465 e. The van der Waals surface area contributed by atoms with Crippen LogP contribution in [0.5, 0.6) is 0 Å². The molecule has 2 heterocycles. The minimum absolute atomic E-state index is 0.231. The molecule has 0 spiro atoms. The molecule has 1 aliphatic rings. The quantitative estimate of drug-likeness (QED) is 0.682. The topological polar surface area (TPSA) is 45.5 Å². The Hall–Kier alpha value is -2.89. The van der Waals surface area contributed by atoms with Gasteiger partial charge in [0.25, 0.3) is 0 Å². The molecule has 24 heavy (non-hydrogen) atoms. The molecule has 1 unspecified atom stereocenters. The van der Waals surface area contributed by atoms with Crippen LogP contribution < -0.4 is 0 Å². The minimum atomic E-state index is -0.984. The van der Waals surface area contributed by atoms with Crippen molar-refractivity contribution < 1.29 is 18.7 Å². The summed E-state index contributed by atoms with van der Waals surface area (Å²) in [5, 5.41) is 10.5. The van der Waals surface area contributed by atoms with Crippen LogP contribution in [0.15, 0.2) is 48.6 Å². The van der Waals surface area contributed by atoms with Crippen LogP contribution in [-0.2, 0) is 0 Å². The van der Waals surface area contributed by atoms with Crippen molar-refractivity contribution in [1.29, 1.82) is 0 Å². The maximum Gasteiger partial charge on any atom is 0.407 e. The monoisotopic (exact) mass is 328 g/mol. The zero-order chi connectivity index (χ0) is 16.8. The molecule has 0 bridgehead atoms. The van der Waals surface area contributed by atoms with Gasteiger partial charge in [0.15, 0.2) is 0 Å². The third kappa shape index (κ3) is 2.22. The van der Waals surface area contributed by atoms with Crippen LogP contribution >= 0.6 is 0 Å². The van der Waals surface area contributed by atoms with Crippen LogP contribution in [0.1, 0.15) is 6.04 Å². The van der Waals surface area contributed by atoms with Gasteiger partial charge in [0.1, 0.15) is 11.6 Å². The molecule has 6 heteroatoms. The molecule has 1 aliphatic heterocycles. The molecule has 1 atom stereocenters. The standard InChI is InChI=1S/C18H14F2N2O2/c19-11-3-5-16-14(8-11)15-9-12(20)4-6-17(15)22(16)13-2-1-7-21(10-13)18(23)24/h1-6,8-9,13H,7,10H2,(H,23,24). The van der Waals surface area contributed by atoms with Gasteiger partial charge in [-0.15, -0.1) is 0 Å². The summed E-state index contributed by atoms with van der Waals surface area (Å²) < 4.78 is 29.3. The molecule has 122 valence electrons. The van der Waals surface area contributed by atoms with Gasteiger partial charge in [0.05, 0.1) is 6.04 Å². The number of hydrogen-bond acceptors (Lipinski definition) is 1. The van der Waals surface area contributed by atoms with Gasteiger partial charge in [-0.2, -0.15) is 0 Å². The maximum absolute atomic E-state index is 13.7. The number of carboxylic acid groups (broad SMARTS) is 1. The molecule has 0 saturated heterocycles. The largest absolute Gasteiger partial charge is 0.465 e. The van der Waals surface area contributed by atoms with Crippen molar-refractivity contribution in [2.75, 3.05) is 13.1 Å². The molecule has 4 rings (SSSR count). The van der Waals surface area contributed by atoms with Crippen LogP contribution in [0, 0.1) is 11.6 Å².